The summed E-state index contributed by atoms with van der Waals surface area (Å²) in [5, 5.41) is 7.11. The molecule has 1 aliphatic heterocycles. The molecule has 3 heterocycles. The fourth-order valence-corrected chi connectivity index (χ4v) is 1.50. The summed E-state index contributed by atoms with van der Waals surface area (Å²) in [6.45, 7) is 0.888. The van der Waals surface area contributed by atoms with Crippen molar-refractivity contribution in [1.82, 2.24) is 19.9 Å². The van der Waals surface area contributed by atoms with Crippen LogP contribution in [0.5, 0.6) is 0 Å². The van der Waals surface area contributed by atoms with E-state index in [2.05, 4.69) is 15.4 Å². The van der Waals surface area contributed by atoms with Gasteiger partial charge in [0.2, 0.25) is 5.91 Å². The van der Waals surface area contributed by atoms with E-state index >= 15 is 0 Å². The normalized spacial score (nSPS) is 14.4. The summed E-state index contributed by atoms with van der Waals surface area (Å²) >= 11 is 5.60. The number of fused-ring (bicyclic) bond motifs is 1. The van der Waals surface area contributed by atoms with E-state index in [1.54, 1.807) is 23.1 Å². The molecule has 16 heavy (non-hydrogen) atoms. The molecule has 0 radical (unpaired) electrons. The highest BCUT2D eigenvalue weighted by Crippen LogP contribution is 2.05. The van der Waals surface area contributed by atoms with E-state index in [4.69, 9.17) is 11.6 Å². The van der Waals surface area contributed by atoms with Gasteiger partial charge in [-0.05, 0) is 12.5 Å². The quantitative estimate of drug-likeness (QED) is 0.752. The van der Waals surface area contributed by atoms with Crippen molar-refractivity contribution >= 4 is 23.0 Å². The molecule has 0 aliphatic carbocycles. The van der Waals surface area contributed by atoms with Crippen molar-refractivity contribution in [3.05, 3.63) is 29.8 Å². The minimum Gasteiger partial charge on any atom is -0.356 e. The first-order valence-electron chi connectivity index (χ1n) is 4.97. The first kappa shape index (κ1) is 10.9. The molecule has 0 spiro atoms. The van der Waals surface area contributed by atoms with Crippen molar-refractivity contribution < 1.29 is 4.79 Å². The van der Waals surface area contributed by atoms with Crippen molar-refractivity contribution in [2.45, 2.75) is 12.8 Å². The van der Waals surface area contributed by atoms with Crippen LogP contribution < -0.4 is 5.32 Å². The lowest BCUT2D eigenvalue weighted by Crippen LogP contribution is -2.12. The third-order valence-electron chi connectivity index (χ3n) is 2.15. The van der Waals surface area contributed by atoms with E-state index in [9.17, 15) is 4.79 Å². The second-order valence-electron chi connectivity index (χ2n) is 3.36. The Morgan fingerprint density at radius 1 is 1.50 bits per heavy atom. The van der Waals surface area contributed by atoms with Crippen LogP contribution in [0.1, 0.15) is 12.8 Å². The van der Waals surface area contributed by atoms with E-state index in [0.717, 1.165) is 24.9 Å². The summed E-state index contributed by atoms with van der Waals surface area (Å²) in [4.78, 5) is 14.0. The zero-order valence-corrected chi connectivity index (χ0v) is 9.31. The van der Waals surface area contributed by atoms with Gasteiger partial charge in [0.05, 0.1) is 24.1 Å². The summed E-state index contributed by atoms with van der Waals surface area (Å²) in [7, 11) is 0. The summed E-state index contributed by atoms with van der Waals surface area (Å²) in [5.41, 5.74) is 0.949. The molecule has 1 aliphatic rings. The van der Waals surface area contributed by atoms with Gasteiger partial charge >= 0.3 is 0 Å². The third-order valence-corrected chi connectivity index (χ3v) is 2.35. The van der Waals surface area contributed by atoms with Crippen molar-refractivity contribution in [2.75, 3.05) is 6.54 Å². The first-order chi connectivity index (χ1) is 7.75. The second kappa shape index (κ2) is 4.94. The molecule has 0 aromatic carbocycles. The SMILES string of the molecule is Clc1cn2nccc2cn1.O=C1CCCN1. The van der Waals surface area contributed by atoms with Gasteiger partial charge in [0.15, 0.2) is 0 Å². The van der Waals surface area contributed by atoms with Gasteiger partial charge in [-0.3, -0.25) is 4.79 Å². The Kier molecular flexibility index (Phi) is 3.36. The molecule has 0 bridgehead atoms. The maximum atomic E-state index is 10.1. The summed E-state index contributed by atoms with van der Waals surface area (Å²) < 4.78 is 1.68. The van der Waals surface area contributed by atoms with Gasteiger partial charge in [-0.15, -0.1) is 0 Å². The van der Waals surface area contributed by atoms with Gasteiger partial charge in [0.1, 0.15) is 5.15 Å². The molecule has 1 fully saturated rings. The fraction of sp³-hybridized carbons (Fsp3) is 0.300. The molecule has 0 unspecified atom stereocenters. The molecule has 1 amide bonds. The molecule has 3 rings (SSSR count). The van der Waals surface area contributed by atoms with Crippen LogP contribution in [0.3, 0.4) is 0 Å². The van der Waals surface area contributed by atoms with Crippen LogP contribution in [0, 0.1) is 0 Å². The largest absolute Gasteiger partial charge is 0.356 e. The van der Waals surface area contributed by atoms with Gasteiger partial charge in [-0.1, -0.05) is 11.6 Å². The van der Waals surface area contributed by atoms with Crippen LogP contribution in [0.4, 0.5) is 0 Å². The Bertz CT molecular complexity index is 488. The number of carbonyl (C=O) groups is 1. The average molecular weight is 239 g/mol. The monoisotopic (exact) mass is 238 g/mol. The molecule has 84 valence electrons. The van der Waals surface area contributed by atoms with E-state index in [-0.39, 0.29) is 5.91 Å². The lowest BCUT2D eigenvalue weighted by atomic mass is 10.4. The summed E-state index contributed by atoms with van der Waals surface area (Å²) in [6, 6.07) is 1.86. The van der Waals surface area contributed by atoms with Crippen LogP contribution in [0.25, 0.3) is 5.52 Å². The second-order valence-corrected chi connectivity index (χ2v) is 3.75. The smallest absolute Gasteiger partial charge is 0.220 e. The van der Waals surface area contributed by atoms with Gasteiger partial charge in [0.25, 0.3) is 0 Å². The minimum absolute atomic E-state index is 0.204. The number of nitrogens with one attached hydrogen (secondary N) is 1. The van der Waals surface area contributed by atoms with Gasteiger partial charge < -0.3 is 5.32 Å². The number of nitrogens with zero attached hydrogens (tertiary/aromatic N) is 3. The number of hydrogen-bond acceptors (Lipinski definition) is 3. The lowest BCUT2D eigenvalue weighted by molar-refractivity contribution is -0.119. The Balaban J connectivity index is 0.000000138. The highest BCUT2D eigenvalue weighted by atomic mass is 35.5. The van der Waals surface area contributed by atoms with Crippen molar-refractivity contribution in [1.29, 1.82) is 0 Å². The predicted octanol–water partition coefficient (Wildman–Crippen LogP) is 1.28. The molecule has 0 saturated carbocycles. The lowest BCUT2D eigenvalue weighted by Gasteiger charge is -1.90. The first-order valence-corrected chi connectivity index (χ1v) is 5.35. The number of hydrogen-bond donors (Lipinski definition) is 1. The van der Waals surface area contributed by atoms with Crippen LogP contribution in [0.2, 0.25) is 5.15 Å². The van der Waals surface area contributed by atoms with E-state index in [0.29, 0.717) is 5.15 Å². The molecule has 1 saturated heterocycles. The van der Waals surface area contributed by atoms with Crippen molar-refractivity contribution in [3.63, 3.8) is 0 Å². The molecular weight excluding hydrogens is 228 g/mol. The highest BCUT2D eigenvalue weighted by Gasteiger charge is 2.05. The van der Waals surface area contributed by atoms with Gasteiger partial charge in [-0.2, -0.15) is 5.10 Å². The van der Waals surface area contributed by atoms with Crippen molar-refractivity contribution in [3.8, 4) is 0 Å². The number of carbonyl (C=O) groups excluding carboxylic acids is 1. The standard InChI is InChI=1S/C6H4ClN3.C4H7NO/c7-6-4-10-5(3-8-6)1-2-9-10;6-4-2-1-3-5-4/h1-4H;1-3H2,(H,5,6). The maximum Gasteiger partial charge on any atom is 0.220 e. The van der Waals surface area contributed by atoms with Crippen LogP contribution in [-0.4, -0.2) is 27.0 Å². The highest BCUT2D eigenvalue weighted by molar-refractivity contribution is 6.29. The van der Waals surface area contributed by atoms with E-state index < -0.39 is 0 Å². The molecule has 5 nitrogen and oxygen atoms in total. The molecule has 2 aromatic heterocycles. The Morgan fingerprint density at radius 2 is 2.38 bits per heavy atom. The van der Waals surface area contributed by atoms with Crippen LogP contribution in [-0.2, 0) is 4.79 Å². The number of aromatic nitrogens is 3. The molecule has 2 aromatic rings. The average Bonchev–Trinajstić information content (AvgIpc) is 2.88. The Hall–Kier alpha value is -1.62. The zero-order valence-electron chi connectivity index (χ0n) is 8.56. The molecule has 6 heteroatoms. The topological polar surface area (TPSA) is 59.3 Å². The van der Waals surface area contributed by atoms with Crippen molar-refractivity contribution in [2.24, 2.45) is 0 Å². The summed E-state index contributed by atoms with van der Waals surface area (Å²) in [6.07, 6.45) is 6.80. The fourth-order valence-electron chi connectivity index (χ4n) is 1.36. The Morgan fingerprint density at radius 3 is 3.00 bits per heavy atom. The predicted molar refractivity (Wildman–Crippen MR) is 60.2 cm³/mol. The van der Waals surface area contributed by atoms with Crippen LogP contribution in [0.15, 0.2) is 24.7 Å². The molecule has 1 N–H and O–H groups in total. The number of rotatable bonds is 0. The number of amides is 1. The molecular formula is C10H11ClN4O. The van der Waals surface area contributed by atoms with E-state index in [1.165, 1.54) is 0 Å². The molecule has 0 atom stereocenters. The zero-order chi connectivity index (χ0) is 11.4. The van der Waals surface area contributed by atoms with Gasteiger partial charge in [-0.25, -0.2) is 9.50 Å². The number of halogens is 1. The maximum absolute atomic E-state index is 10.1. The van der Waals surface area contributed by atoms with Crippen LogP contribution >= 0.6 is 11.6 Å². The third kappa shape index (κ3) is 2.70. The minimum atomic E-state index is 0.204. The summed E-state index contributed by atoms with van der Waals surface area (Å²) in [5.74, 6) is 0.204. The Labute approximate surface area is 97.4 Å². The van der Waals surface area contributed by atoms with Gasteiger partial charge in [0, 0.05) is 13.0 Å². The van der Waals surface area contributed by atoms with E-state index in [1.807, 2.05) is 6.07 Å².